The summed E-state index contributed by atoms with van der Waals surface area (Å²) in [6.07, 6.45) is 0.832. The van der Waals surface area contributed by atoms with Crippen LogP contribution in [0.2, 0.25) is 0 Å². The SMILES string of the molecule is COC(=O)c1nc(C2CSCCN2C)nc2c1CNCC2. The Labute approximate surface area is 128 Å². The van der Waals surface area contributed by atoms with Crippen LogP contribution in [-0.2, 0) is 17.7 Å². The van der Waals surface area contributed by atoms with E-state index < -0.39 is 0 Å². The van der Waals surface area contributed by atoms with E-state index in [2.05, 4.69) is 22.2 Å². The number of rotatable bonds is 2. The molecule has 1 saturated heterocycles. The van der Waals surface area contributed by atoms with Crippen LogP contribution in [0.25, 0.3) is 0 Å². The van der Waals surface area contributed by atoms with Gasteiger partial charge in [-0.15, -0.1) is 0 Å². The molecule has 0 aromatic carbocycles. The van der Waals surface area contributed by atoms with Crippen molar-refractivity contribution >= 4 is 17.7 Å². The molecule has 1 N–H and O–H groups in total. The molecule has 2 aliphatic heterocycles. The van der Waals surface area contributed by atoms with Crippen LogP contribution < -0.4 is 5.32 Å². The molecule has 1 aromatic heterocycles. The first-order chi connectivity index (χ1) is 10.2. The van der Waals surface area contributed by atoms with E-state index in [0.717, 1.165) is 48.1 Å². The number of carbonyl (C=O) groups is 1. The van der Waals surface area contributed by atoms with E-state index in [1.165, 1.54) is 7.11 Å². The molecule has 1 unspecified atom stereocenters. The van der Waals surface area contributed by atoms with Crippen LogP contribution in [0.3, 0.4) is 0 Å². The minimum absolute atomic E-state index is 0.173. The summed E-state index contributed by atoms with van der Waals surface area (Å²) in [5.41, 5.74) is 2.31. The summed E-state index contributed by atoms with van der Waals surface area (Å²) in [6, 6.07) is 0.173. The Morgan fingerprint density at radius 1 is 1.48 bits per heavy atom. The van der Waals surface area contributed by atoms with Gasteiger partial charge in [-0.25, -0.2) is 14.8 Å². The predicted molar refractivity (Wildman–Crippen MR) is 81.5 cm³/mol. The maximum Gasteiger partial charge on any atom is 0.357 e. The molecule has 1 fully saturated rings. The molecule has 6 nitrogen and oxygen atoms in total. The largest absolute Gasteiger partial charge is 0.464 e. The molecular weight excluding hydrogens is 288 g/mol. The maximum absolute atomic E-state index is 12.0. The van der Waals surface area contributed by atoms with E-state index in [0.29, 0.717) is 12.2 Å². The zero-order valence-corrected chi connectivity index (χ0v) is 13.2. The summed E-state index contributed by atoms with van der Waals surface area (Å²) >= 11 is 1.91. The molecule has 0 radical (unpaired) electrons. The summed E-state index contributed by atoms with van der Waals surface area (Å²) in [4.78, 5) is 23.6. The number of nitrogens with zero attached hydrogens (tertiary/aromatic N) is 3. The number of aromatic nitrogens is 2. The number of fused-ring (bicyclic) bond motifs is 1. The number of esters is 1. The van der Waals surface area contributed by atoms with Gasteiger partial charge in [-0.1, -0.05) is 0 Å². The lowest BCUT2D eigenvalue weighted by atomic mass is 10.0. The fourth-order valence-electron chi connectivity index (χ4n) is 2.73. The highest BCUT2D eigenvalue weighted by Crippen LogP contribution is 2.28. The minimum atomic E-state index is -0.371. The first-order valence-electron chi connectivity index (χ1n) is 7.17. The Balaban J connectivity index is 2.03. The molecule has 114 valence electrons. The summed E-state index contributed by atoms with van der Waals surface area (Å²) < 4.78 is 4.90. The van der Waals surface area contributed by atoms with Crippen molar-refractivity contribution in [1.82, 2.24) is 20.2 Å². The van der Waals surface area contributed by atoms with E-state index in [4.69, 9.17) is 9.72 Å². The van der Waals surface area contributed by atoms with Gasteiger partial charge in [0.15, 0.2) is 5.69 Å². The van der Waals surface area contributed by atoms with Crippen LogP contribution in [0, 0.1) is 0 Å². The van der Waals surface area contributed by atoms with Crippen LogP contribution in [-0.4, -0.2) is 59.6 Å². The minimum Gasteiger partial charge on any atom is -0.464 e. The van der Waals surface area contributed by atoms with Gasteiger partial charge in [0.2, 0.25) is 0 Å². The molecule has 1 atom stereocenters. The lowest BCUT2D eigenvalue weighted by Crippen LogP contribution is -2.36. The topological polar surface area (TPSA) is 67.3 Å². The van der Waals surface area contributed by atoms with E-state index in [1.807, 2.05) is 11.8 Å². The van der Waals surface area contributed by atoms with Crippen molar-refractivity contribution in [2.45, 2.75) is 19.0 Å². The van der Waals surface area contributed by atoms with Gasteiger partial charge in [0, 0.05) is 43.1 Å². The molecule has 21 heavy (non-hydrogen) atoms. The molecule has 2 aliphatic rings. The maximum atomic E-state index is 12.0. The highest BCUT2D eigenvalue weighted by Gasteiger charge is 2.28. The van der Waals surface area contributed by atoms with Crippen molar-refractivity contribution in [3.8, 4) is 0 Å². The number of nitrogens with one attached hydrogen (secondary N) is 1. The standard InChI is InChI=1S/C14H20N4O2S/c1-18-5-6-21-8-11(18)13-16-10-3-4-15-7-9(10)12(17-13)14(19)20-2/h11,15H,3-8H2,1-2H3. The average molecular weight is 308 g/mol. The summed E-state index contributed by atoms with van der Waals surface area (Å²) in [7, 11) is 3.49. The lowest BCUT2D eigenvalue weighted by molar-refractivity contribution is 0.0590. The lowest BCUT2D eigenvalue weighted by Gasteiger charge is -2.31. The number of ether oxygens (including phenoxy) is 1. The normalized spacial score (nSPS) is 22.7. The third-order valence-electron chi connectivity index (χ3n) is 4.02. The zero-order chi connectivity index (χ0) is 14.8. The smallest absolute Gasteiger partial charge is 0.357 e. The van der Waals surface area contributed by atoms with Gasteiger partial charge >= 0.3 is 5.97 Å². The van der Waals surface area contributed by atoms with Crippen molar-refractivity contribution in [3.05, 3.63) is 22.8 Å². The van der Waals surface area contributed by atoms with E-state index in [1.54, 1.807) is 0 Å². The Bertz CT molecular complexity index is 552. The Hall–Kier alpha value is -1.18. The van der Waals surface area contributed by atoms with Crippen molar-refractivity contribution < 1.29 is 9.53 Å². The van der Waals surface area contributed by atoms with Crippen LogP contribution in [0.15, 0.2) is 0 Å². The number of methoxy groups -OCH3 is 1. The van der Waals surface area contributed by atoms with Crippen molar-refractivity contribution in [2.24, 2.45) is 0 Å². The zero-order valence-electron chi connectivity index (χ0n) is 12.4. The first kappa shape index (κ1) is 14.7. The molecule has 3 rings (SSSR count). The quantitative estimate of drug-likeness (QED) is 0.804. The Morgan fingerprint density at radius 3 is 3.10 bits per heavy atom. The summed E-state index contributed by atoms with van der Waals surface area (Å²) in [6.45, 7) is 2.54. The van der Waals surface area contributed by atoms with E-state index in [-0.39, 0.29) is 12.0 Å². The van der Waals surface area contributed by atoms with Crippen molar-refractivity contribution in [3.63, 3.8) is 0 Å². The van der Waals surface area contributed by atoms with Gasteiger partial charge in [-0.3, -0.25) is 4.90 Å². The van der Waals surface area contributed by atoms with Crippen LogP contribution in [0.5, 0.6) is 0 Å². The van der Waals surface area contributed by atoms with Gasteiger partial charge in [0.1, 0.15) is 5.82 Å². The average Bonchev–Trinajstić information content (AvgIpc) is 2.53. The molecule has 0 saturated carbocycles. The fourth-order valence-corrected chi connectivity index (χ4v) is 3.95. The molecule has 1 aromatic rings. The molecular formula is C14H20N4O2S. The van der Waals surface area contributed by atoms with E-state index >= 15 is 0 Å². The van der Waals surface area contributed by atoms with Gasteiger partial charge in [0.05, 0.1) is 18.8 Å². The number of carbonyl (C=O) groups excluding carboxylic acids is 1. The third kappa shape index (κ3) is 2.90. The predicted octanol–water partition coefficient (Wildman–Crippen LogP) is 0.629. The van der Waals surface area contributed by atoms with E-state index in [9.17, 15) is 4.79 Å². The number of hydrogen-bond donors (Lipinski definition) is 1. The highest BCUT2D eigenvalue weighted by atomic mass is 32.2. The monoisotopic (exact) mass is 308 g/mol. The van der Waals surface area contributed by atoms with Crippen molar-refractivity contribution in [2.75, 3.05) is 38.8 Å². The molecule has 0 aliphatic carbocycles. The first-order valence-corrected chi connectivity index (χ1v) is 8.33. The molecule has 3 heterocycles. The number of hydrogen-bond acceptors (Lipinski definition) is 7. The Morgan fingerprint density at radius 2 is 2.33 bits per heavy atom. The summed E-state index contributed by atoms with van der Waals surface area (Å²) in [5.74, 6) is 2.48. The highest BCUT2D eigenvalue weighted by molar-refractivity contribution is 7.99. The molecule has 7 heteroatoms. The fraction of sp³-hybridized carbons (Fsp3) is 0.643. The van der Waals surface area contributed by atoms with Crippen LogP contribution >= 0.6 is 11.8 Å². The molecule has 0 bridgehead atoms. The van der Waals surface area contributed by atoms with Gasteiger partial charge in [0.25, 0.3) is 0 Å². The van der Waals surface area contributed by atoms with Gasteiger partial charge in [-0.2, -0.15) is 11.8 Å². The third-order valence-corrected chi connectivity index (χ3v) is 5.05. The second kappa shape index (κ2) is 6.29. The second-order valence-corrected chi connectivity index (χ2v) is 6.50. The second-order valence-electron chi connectivity index (χ2n) is 5.35. The van der Waals surface area contributed by atoms with Gasteiger partial charge in [-0.05, 0) is 7.05 Å². The van der Waals surface area contributed by atoms with Crippen LogP contribution in [0.1, 0.15) is 33.6 Å². The van der Waals surface area contributed by atoms with Crippen molar-refractivity contribution in [1.29, 1.82) is 0 Å². The van der Waals surface area contributed by atoms with Crippen LogP contribution in [0.4, 0.5) is 0 Å². The molecule has 0 spiro atoms. The number of thioether (sulfide) groups is 1. The van der Waals surface area contributed by atoms with Gasteiger partial charge < -0.3 is 10.1 Å². The summed E-state index contributed by atoms with van der Waals surface area (Å²) in [5, 5.41) is 3.27. The Kier molecular flexibility index (Phi) is 4.42. The molecule has 0 amide bonds.